The molecule has 5 fully saturated rings. The van der Waals surface area contributed by atoms with Crippen LogP contribution in [0.4, 0.5) is 0 Å². The molecule has 2 bridgehead atoms. The van der Waals surface area contributed by atoms with Crippen LogP contribution < -0.4 is 0 Å². The third-order valence-corrected chi connectivity index (χ3v) is 9.69. The smallest absolute Gasteiger partial charge is 0.303 e. The summed E-state index contributed by atoms with van der Waals surface area (Å²) >= 11 is 0. The van der Waals surface area contributed by atoms with Gasteiger partial charge in [-0.15, -0.1) is 0 Å². The van der Waals surface area contributed by atoms with E-state index < -0.39 is 51.7 Å². The van der Waals surface area contributed by atoms with Crippen molar-refractivity contribution in [3.05, 3.63) is 0 Å². The number of epoxide rings is 1. The first-order valence-electron chi connectivity index (χ1n) is 10.9. The van der Waals surface area contributed by atoms with Crippen LogP contribution in [-0.2, 0) is 14.3 Å². The molecule has 5 rings (SSSR count). The van der Waals surface area contributed by atoms with Crippen molar-refractivity contribution in [2.45, 2.75) is 102 Å². The Balaban J connectivity index is 1.74. The Morgan fingerprint density at radius 2 is 1.76 bits per heavy atom. The summed E-state index contributed by atoms with van der Waals surface area (Å²) in [5, 5.41) is 46.9. The summed E-state index contributed by atoms with van der Waals surface area (Å²) < 4.78 is 11.6. The number of aliphatic hydroxyl groups is 4. The number of fused-ring (bicyclic) bond motifs is 4. The maximum absolute atomic E-state index is 12.1. The molecule has 7 nitrogen and oxygen atoms in total. The maximum atomic E-state index is 12.1. The molecule has 1 aliphatic heterocycles. The summed E-state index contributed by atoms with van der Waals surface area (Å²) in [4.78, 5) is 12.1. The van der Waals surface area contributed by atoms with Gasteiger partial charge < -0.3 is 29.9 Å². The fraction of sp³-hybridized carbons (Fsp3) is 0.955. The number of hydrogen-bond acceptors (Lipinski definition) is 7. The van der Waals surface area contributed by atoms with E-state index in [1.807, 2.05) is 13.8 Å². The van der Waals surface area contributed by atoms with E-state index in [0.717, 1.165) is 6.42 Å². The van der Waals surface area contributed by atoms with Crippen molar-refractivity contribution in [1.29, 1.82) is 0 Å². The highest BCUT2D eigenvalue weighted by atomic mass is 16.6. The molecule has 1 saturated heterocycles. The van der Waals surface area contributed by atoms with Crippen LogP contribution in [0.1, 0.15) is 60.3 Å². The molecule has 4 saturated carbocycles. The molecule has 29 heavy (non-hydrogen) atoms. The predicted molar refractivity (Wildman–Crippen MR) is 102 cm³/mol. The Labute approximate surface area is 171 Å². The molecule has 4 aliphatic carbocycles. The van der Waals surface area contributed by atoms with Gasteiger partial charge in [0.1, 0.15) is 17.8 Å². The highest BCUT2D eigenvalue weighted by Crippen LogP contribution is 2.73. The zero-order valence-corrected chi connectivity index (χ0v) is 17.9. The second-order valence-electron chi connectivity index (χ2n) is 11.5. The Hall–Kier alpha value is -0.730. The van der Waals surface area contributed by atoms with Gasteiger partial charge in [-0.25, -0.2) is 0 Å². The van der Waals surface area contributed by atoms with Crippen LogP contribution in [-0.4, -0.2) is 67.6 Å². The standard InChI is InChI=1S/C22H34O7/c1-10(23)28-17-15(24)22(27)14(13-16(29-13)18(22,2)3)20(5,26)12-7-6-11-8-21(12,17)9-19(11,4)25/h11-17,24-27H,6-9H2,1-5H3/t11-,12-,13-,14?,15+,16-,17+,19+,20+,21+,22-/m0/s1. The van der Waals surface area contributed by atoms with Crippen LogP contribution in [0.25, 0.3) is 0 Å². The second-order valence-corrected chi connectivity index (χ2v) is 11.5. The number of carbonyl (C=O) groups is 1. The van der Waals surface area contributed by atoms with Crippen LogP contribution in [0.15, 0.2) is 0 Å². The van der Waals surface area contributed by atoms with Crippen molar-refractivity contribution in [1.82, 2.24) is 0 Å². The molecular weight excluding hydrogens is 376 g/mol. The summed E-state index contributed by atoms with van der Waals surface area (Å²) in [6.45, 7) is 8.54. The Kier molecular flexibility index (Phi) is 3.73. The Bertz CT molecular complexity index is 760. The molecule has 7 heteroatoms. The monoisotopic (exact) mass is 410 g/mol. The van der Waals surface area contributed by atoms with Gasteiger partial charge in [0.2, 0.25) is 0 Å². The lowest BCUT2D eigenvalue weighted by atomic mass is 9.58. The molecule has 4 N–H and O–H groups in total. The van der Waals surface area contributed by atoms with Gasteiger partial charge in [0, 0.05) is 23.7 Å². The number of rotatable bonds is 1. The van der Waals surface area contributed by atoms with Crippen molar-refractivity contribution in [3.8, 4) is 0 Å². The molecule has 0 aromatic heterocycles. The first-order chi connectivity index (χ1) is 13.2. The minimum atomic E-state index is -1.68. The van der Waals surface area contributed by atoms with Crippen molar-refractivity contribution in [3.63, 3.8) is 0 Å². The van der Waals surface area contributed by atoms with Crippen molar-refractivity contribution in [2.24, 2.45) is 28.6 Å². The SMILES string of the molecule is CC(=O)O[C@@H]1[C@@H](O)[C@@]2(O)C([C@@H]3O[C@@H]3C2(C)C)[C@](C)(O)[C@@H]2CC[C@H]3C[C@]12C[C@@]3(C)O. The summed E-state index contributed by atoms with van der Waals surface area (Å²) in [6, 6.07) is 0. The van der Waals surface area contributed by atoms with Crippen molar-refractivity contribution >= 4 is 5.97 Å². The minimum Gasteiger partial charge on any atom is -0.459 e. The lowest BCUT2D eigenvalue weighted by Crippen LogP contribution is -2.64. The molecule has 0 aromatic rings. The number of esters is 1. The summed E-state index contributed by atoms with van der Waals surface area (Å²) in [5.41, 5.74) is -5.63. The normalized spacial score (nSPS) is 61.9. The number of carbonyl (C=O) groups excluding carboxylic acids is 1. The van der Waals surface area contributed by atoms with Gasteiger partial charge >= 0.3 is 5.97 Å². The van der Waals surface area contributed by atoms with Gasteiger partial charge in [-0.1, -0.05) is 13.8 Å². The summed E-state index contributed by atoms with van der Waals surface area (Å²) in [6.07, 6.45) is -0.717. The van der Waals surface area contributed by atoms with E-state index in [1.165, 1.54) is 6.92 Å². The van der Waals surface area contributed by atoms with Gasteiger partial charge in [-0.3, -0.25) is 4.79 Å². The van der Waals surface area contributed by atoms with E-state index in [2.05, 4.69) is 0 Å². The molecule has 0 radical (unpaired) electrons. The Morgan fingerprint density at radius 1 is 1.10 bits per heavy atom. The predicted octanol–water partition coefficient (Wildman–Crippen LogP) is 0.755. The van der Waals surface area contributed by atoms with Gasteiger partial charge in [0.05, 0.1) is 23.4 Å². The van der Waals surface area contributed by atoms with E-state index in [9.17, 15) is 25.2 Å². The van der Waals surface area contributed by atoms with E-state index in [4.69, 9.17) is 9.47 Å². The van der Waals surface area contributed by atoms with Crippen molar-refractivity contribution in [2.75, 3.05) is 0 Å². The average Bonchev–Trinajstić information content (AvgIpc) is 3.30. The molecule has 0 amide bonds. The average molecular weight is 411 g/mol. The number of aliphatic hydroxyl groups excluding tert-OH is 1. The van der Waals surface area contributed by atoms with Crippen LogP contribution in [0.3, 0.4) is 0 Å². The third kappa shape index (κ3) is 2.14. The Morgan fingerprint density at radius 3 is 2.38 bits per heavy atom. The third-order valence-electron chi connectivity index (χ3n) is 9.69. The highest BCUT2D eigenvalue weighted by Gasteiger charge is 2.84. The fourth-order valence-corrected chi connectivity index (χ4v) is 8.49. The first-order valence-corrected chi connectivity index (χ1v) is 10.9. The fourth-order valence-electron chi connectivity index (χ4n) is 8.49. The largest absolute Gasteiger partial charge is 0.459 e. The first kappa shape index (κ1) is 20.2. The van der Waals surface area contributed by atoms with Crippen molar-refractivity contribution < 1.29 is 34.7 Å². The zero-order chi connectivity index (χ0) is 21.4. The molecule has 1 spiro atoms. The number of hydrogen-bond donors (Lipinski definition) is 4. The molecule has 11 atom stereocenters. The maximum Gasteiger partial charge on any atom is 0.303 e. The minimum absolute atomic E-state index is 0.00493. The van der Waals surface area contributed by atoms with E-state index >= 15 is 0 Å². The summed E-state index contributed by atoms with van der Waals surface area (Å²) in [7, 11) is 0. The highest BCUT2D eigenvalue weighted by molar-refractivity contribution is 5.66. The van der Waals surface area contributed by atoms with Gasteiger partial charge in [0.15, 0.2) is 0 Å². The molecule has 1 unspecified atom stereocenters. The molecule has 1 heterocycles. The van der Waals surface area contributed by atoms with Crippen LogP contribution in [0.2, 0.25) is 0 Å². The summed E-state index contributed by atoms with van der Waals surface area (Å²) in [5.74, 6) is -1.56. The lowest BCUT2D eigenvalue weighted by Gasteiger charge is -2.50. The van der Waals surface area contributed by atoms with Crippen LogP contribution in [0, 0.1) is 28.6 Å². The van der Waals surface area contributed by atoms with Crippen LogP contribution >= 0.6 is 0 Å². The quantitative estimate of drug-likeness (QED) is 0.372. The van der Waals surface area contributed by atoms with E-state index in [0.29, 0.717) is 19.3 Å². The van der Waals surface area contributed by atoms with E-state index in [1.54, 1.807) is 13.8 Å². The topological polar surface area (TPSA) is 120 Å². The zero-order valence-electron chi connectivity index (χ0n) is 17.9. The van der Waals surface area contributed by atoms with Gasteiger partial charge in [-0.2, -0.15) is 0 Å². The second kappa shape index (κ2) is 5.36. The molecular formula is C22H34O7. The molecule has 0 aromatic carbocycles. The van der Waals surface area contributed by atoms with Crippen LogP contribution in [0.5, 0.6) is 0 Å². The van der Waals surface area contributed by atoms with E-state index in [-0.39, 0.29) is 24.0 Å². The van der Waals surface area contributed by atoms with Gasteiger partial charge in [0.25, 0.3) is 0 Å². The van der Waals surface area contributed by atoms with Gasteiger partial charge in [-0.05, 0) is 51.4 Å². The molecule has 5 aliphatic rings. The number of ether oxygens (including phenoxy) is 2. The lowest BCUT2D eigenvalue weighted by molar-refractivity contribution is -0.236. The molecule has 164 valence electrons.